The minimum atomic E-state index is -0.402. The first-order valence-electron chi connectivity index (χ1n) is 5.55. The van der Waals surface area contributed by atoms with Gasteiger partial charge in [0, 0.05) is 10.4 Å². The maximum Gasteiger partial charge on any atom is 0.348 e. The Labute approximate surface area is 114 Å². The third-order valence-corrected chi connectivity index (χ3v) is 3.06. The van der Waals surface area contributed by atoms with Crippen molar-refractivity contribution in [2.24, 2.45) is 0 Å². The Hall–Kier alpha value is -2.81. The van der Waals surface area contributed by atoms with Crippen LogP contribution in [0.5, 0.6) is 0 Å². The van der Waals surface area contributed by atoms with Crippen LogP contribution in [0.3, 0.4) is 0 Å². The van der Waals surface area contributed by atoms with Crippen molar-refractivity contribution in [3.63, 3.8) is 0 Å². The zero-order valence-corrected chi connectivity index (χ0v) is 10.5. The summed E-state index contributed by atoms with van der Waals surface area (Å²) in [5, 5.41) is 18.5. The number of hydrogen-bond donors (Lipinski definition) is 2. The summed E-state index contributed by atoms with van der Waals surface area (Å²) in [4.78, 5) is 19.0. The van der Waals surface area contributed by atoms with Gasteiger partial charge < -0.3 is 4.98 Å². The van der Waals surface area contributed by atoms with Gasteiger partial charge in [-0.25, -0.2) is 14.9 Å². The predicted octanol–water partition coefficient (Wildman–Crippen LogP) is 0.404. The van der Waals surface area contributed by atoms with Crippen LogP contribution in [0.25, 0.3) is 28.2 Å². The predicted molar refractivity (Wildman–Crippen MR) is 69.3 cm³/mol. The maximum absolute atomic E-state index is 12.0. The highest BCUT2D eigenvalue weighted by atomic mass is 35.5. The van der Waals surface area contributed by atoms with Crippen molar-refractivity contribution >= 4 is 28.2 Å². The van der Waals surface area contributed by atoms with Crippen molar-refractivity contribution in [2.75, 3.05) is 0 Å². The molecule has 1 aromatic carbocycles. The van der Waals surface area contributed by atoms with Gasteiger partial charge in [0.05, 0.1) is 5.52 Å². The van der Waals surface area contributed by atoms with Gasteiger partial charge in [-0.1, -0.05) is 11.6 Å². The van der Waals surface area contributed by atoms with Gasteiger partial charge in [-0.2, -0.15) is 4.52 Å². The average Bonchev–Trinajstić information content (AvgIpc) is 3.08. The Bertz CT molecular complexity index is 986. The molecule has 0 spiro atoms. The summed E-state index contributed by atoms with van der Waals surface area (Å²) in [7, 11) is 0. The van der Waals surface area contributed by atoms with Gasteiger partial charge in [-0.3, -0.25) is 0 Å². The first-order valence-corrected chi connectivity index (χ1v) is 5.92. The van der Waals surface area contributed by atoms with Gasteiger partial charge >= 0.3 is 5.69 Å². The topological polar surface area (TPSA) is 118 Å². The Morgan fingerprint density at radius 2 is 2.20 bits per heavy atom. The highest BCUT2D eigenvalue weighted by Gasteiger charge is 2.14. The van der Waals surface area contributed by atoms with Crippen LogP contribution in [0.4, 0.5) is 0 Å². The molecule has 0 aliphatic carbocycles. The number of tetrazole rings is 1. The number of nitrogens with one attached hydrogen (secondary N) is 2. The van der Waals surface area contributed by atoms with Crippen LogP contribution < -0.4 is 5.69 Å². The van der Waals surface area contributed by atoms with E-state index in [1.165, 1.54) is 0 Å². The quantitative estimate of drug-likeness (QED) is 0.523. The van der Waals surface area contributed by atoms with Crippen LogP contribution in [0.2, 0.25) is 5.02 Å². The van der Waals surface area contributed by atoms with E-state index in [4.69, 9.17) is 11.6 Å². The standard InChI is InChI=1S/C10H5ClN8O/c11-4-1-2-6-5(3-4)9-13-7(8-14-17-18-15-8)16-19(9)10(20)12-6/h1-3H,(H,12,20)(H,14,15,17,18). The fourth-order valence-corrected chi connectivity index (χ4v) is 2.13. The Kier molecular flexibility index (Phi) is 2.12. The van der Waals surface area contributed by atoms with E-state index >= 15 is 0 Å². The average molecular weight is 289 g/mol. The highest BCUT2D eigenvalue weighted by Crippen LogP contribution is 2.21. The number of nitrogens with zero attached hydrogens (tertiary/aromatic N) is 6. The third-order valence-electron chi connectivity index (χ3n) is 2.82. The molecule has 10 heteroatoms. The van der Waals surface area contributed by atoms with Gasteiger partial charge in [-0.15, -0.1) is 10.2 Å². The summed E-state index contributed by atoms with van der Waals surface area (Å²) >= 11 is 5.98. The van der Waals surface area contributed by atoms with Crippen LogP contribution in [0, 0.1) is 0 Å². The van der Waals surface area contributed by atoms with Crippen molar-refractivity contribution in [1.29, 1.82) is 0 Å². The molecule has 0 amide bonds. The third kappa shape index (κ3) is 1.50. The van der Waals surface area contributed by atoms with Crippen LogP contribution in [0.15, 0.2) is 23.0 Å². The molecule has 4 rings (SSSR count). The Balaban J connectivity index is 2.15. The summed E-state index contributed by atoms with van der Waals surface area (Å²) in [5.41, 5.74) is 0.611. The molecule has 98 valence electrons. The van der Waals surface area contributed by atoms with E-state index in [1.54, 1.807) is 18.2 Å². The Morgan fingerprint density at radius 3 is 3.00 bits per heavy atom. The number of hydrogen-bond acceptors (Lipinski definition) is 6. The van der Waals surface area contributed by atoms with Crippen molar-refractivity contribution in [3.05, 3.63) is 33.7 Å². The normalized spacial score (nSPS) is 11.4. The smallest absolute Gasteiger partial charge is 0.305 e. The highest BCUT2D eigenvalue weighted by molar-refractivity contribution is 6.31. The molecule has 0 saturated heterocycles. The number of aromatic nitrogens is 8. The minimum Gasteiger partial charge on any atom is -0.305 e. The summed E-state index contributed by atoms with van der Waals surface area (Å²) < 4.78 is 1.15. The van der Waals surface area contributed by atoms with Gasteiger partial charge in [0.25, 0.3) is 0 Å². The van der Waals surface area contributed by atoms with Crippen LogP contribution in [-0.4, -0.2) is 40.2 Å². The molecule has 4 aromatic rings. The fraction of sp³-hybridized carbons (Fsp3) is 0. The minimum absolute atomic E-state index is 0.230. The molecule has 9 nitrogen and oxygen atoms in total. The first kappa shape index (κ1) is 11.1. The molecule has 0 bridgehead atoms. The lowest BCUT2D eigenvalue weighted by molar-refractivity contribution is 0.881. The molecule has 0 fully saturated rings. The maximum atomic E-state index is 12.0. The number of aromatic amines is 2. The second-order valence-corrected chi connectivity index (χ2v) is 4.48. The summed E-state index contributed by atoms with van der Waals surface area (Å²) in [6.45, 7) is 0. The van der Waals surface area contributed by atoms with Crippen molar-refractivity contribution in [2.45, 2.75) is 0 Å². The van der Waals surface area contributed by atoms with E-state index in [1.807, 2.05) is 0 Å². The van der Waals surface area contributed by atoms with Gasteiger partial charge in [0.1, 0.15) is 0 Å². The molecule has 0 aliphatic heterocycles. The number of rotatable bonds is 1. The molecular formula is C10H5ClN8O. The van der Waals surface area contributed by atoms with Crippen molar-refractivity contribution in [1.82, 2.24) is 40.2 Å². The molecule has 2 N–H and O–H groups in total. The summed E-state index contributed by atoms with van der Waals surface area (Å²) in [6.07, 6.45) is 0. The molecule has 3 heterocycles. The molecule has 0 unspecified atom stereocenters. The van der Waals surface area contributed by atoms with E-state index in [2.05, 4.69) is 35.7 Å². The van der Waals surface area contributed by atoms with Crippen molar-refractivity contribution in [3.8, 4) is 11.6 Å². The van der Waals surface area contributed by atoms with E-state index in [0.717, 1.165) is 4.52 Å². The van der Waals surface area contributed by atoms with Gasteiger partial charge in [0.15, 0.2) is 5.65 Å². The molecule has 0 saturated carbocycles. The van der Waals surface area contributed by atoms with Crippen LogP contribution in [0.1, 0.15) is 0 Å². The Morgan fingerprint density at radius 1 is 1.30 bits per heavy atom. The molecular weight excluding hydrogens is 284 g/mol. The van der Waals surface area contributed by atoms with Crippen LogP contribution >= 0.6 is 11.6 Å². The monoisotopic (exact) mass is 288 g/mol. The lowest BCUT2D eigenvalue weighted by Gasteiger charge is -1.99. The summed E-state index contributed by atoms with van der Waals surface area (Å²) in [6, 6.07) is 5.11. The van der Waals surface area contributed by atoms with Gasteiger partial charge in [0.2, 0.25) is 11.6 Å². The molecule has 0 atom stereocenters. The molecule has 3 aromatic heterocycles. The van der Waals surface area contributed by atoms with E-state index < -0.39 is 5.69 Å². The fourth-order valence-electron chi connectivity index (χ4n) is 1.96. The number of benzene rings is 1. The number of fused-ring (bicyclic) bond motifs is 3. The second-order valence-electron chi connectivity index (χ2n) is 4.04. The second kappa shape index (κ2) is 3.84. The zero-order chi connectivity index (χ0) is 13.7. The molecule has 0 aliphatic rings. The van der Waals surface area contributed by atoms with Crippen molar-refractivity contribution < 1.29 is 0 Å². The zero-order valence-electron chi connectivity index (χ0n) is 9.70. The lowest BCUT2D eigenvalue weighted by Crippen LogP contribution is -2.17. The van der Waals surface area contributed by atoms with Gasteiger partial charge in [-0.05, 0) is 28.6 Å². The largest absolute Gasteiger partial charge is 0.348 e. The molecule has 0 radical (unpaired) electrons. The van der Waals surface area contributed by atoms with E-state index in [9.17, 15) is 4.79 Å². The molecule has 20 heavy (non-hydrogen) atoms. The first-order chi connectivity index (χ1) is 9.72. The SMILES string of the molecule is O=c1[nH]c2ccc(Cl)cc2c2nc(-c3nnn[nH]3)nn12. The van der Waals surface area contributed by atoms with E-state index in [0.29, 0.717) is 21.6 Å². The van der Waals surface area contributed by atoms with Crippen LogP contribution in [-0.2, 0) is 0 Å². The summed E-state index contributed by atoms with van der Waals surface area (Å²) in [5.74, 6) is 0.510. The van der Waals surface area contributed by atoms with E-state index in [-0.39, 0.29) is 11.6 Å². The lowest BCUT2D eigenvalue weighted by atomic mass is 10.2. The number of halogens is 1. The number of H-pyrrole nitrogens is 2.